The van der Waals surface area contributed by atoms with Crippen LogP contribution in [0.25, 0.3) is 32.9 Å². The number of piperazine rings is 1. The number of alkyl halides is 1. The van der Waals surface area contributed by atoms with Gasteiger partial charge in [0.25, 0.3) is 0 Å². The normalized spacial score (nSPS) is 22.3. The van der Waals surface area contributed by atoms with Gasteiger partial charge in [0, 0.05) is 55.5 Å². The maximum atomic E-state index is 16.4. The Bertz CT molecular complexity index is 2000. The molecule has 2 aromatic carbocycles. The van der Waals surface area contributed by atoms with Crippen molar-refractivity contribution < 1.29 is 37.7 Å². The van der Waals surface area contributed by atoms with E-state index in [0.717, 1.165) is 32.1 Å². The van der Waals surface area contributed by atoms with E-state index < -0.39 is 24.4 Å². The Labute approximate surface area is 307 Å². The highest BCUT2D eigenvalue weighted by atomic mass is 19.1. The number of fused-ring (bicyclic) bond motifs is 5. The van der Waals surface area contributed by atoms with Crippen molar-refractivity contribution in [3.63, 3.8) is 0 Å². The van der Waals surface area contributed by atoms with E-state index >= 15 is 4.39 Å². The molecule has 4 aliphatic heterocycles. The molecule has 8 rings (SSSR count). The summed E-state index contributed by atoms with van der Waals surface area (Å²) in [4.78, 5) is 41.1. The Balaban J connectivity index is 0.000000340. The fraction of sp³-hybridized carbons (Fsp3) is 0.462. The summed E-state index contributed by atoms with van der Waals surface area (Å²) in [5.74, 6) is 2.36. The minimum absolute atomic E-state index is 0.00302. The third-order valence-corrected chi connectivity index (χ3v) is 10.2. The molecule has 0 saturated carbocycles. The number of hydrogen-bond acceptors (Lipinski definition) is 11. The lowest BCUT2D eigenvalue weighted by Gasteiger charge is -2.41. The number of phenolic OH excluding ortho intramolecular Hbond substituents is 1. The number of carbonyl (C=O) groups excluding carboxylic acids is 2. The molecule has 0 aliphatic carbocycles. The van der Waals surface area contributed by atoms with Crippen LogP contribution in [-0.4, -0.2) is 113 Å². The molecule has 53 heavy (non-hydrogen) atoms. The second-order valence-corrected chi connectivity index (χ2v) is 13.5. The Kier molecular flexibility index (Phi) is 11.5. The highest BCUT2D eigenvalue weighted by Gasteiger charge is 2.45. The molecule has 1 N–H and O–H groups in total. The largest absolute Gasteiger partial charge is 0.508 e. The van der Waals surface area contributed by atoms with Crippen molar-refractivity contribution in [2.45, 2.75) is 76.5 Å². The summed E-state index contributed by atoms with van der Waals surface area (Å²) in [5, 5.41) is 12.1. The summed E-state index contributed by atoms with van der Waals surface area (Å²) >= 11 is 0. The van der Waals surface area contributed by atoms with Gasteiger partial charge >= 0.3 is 12.1 Å². The molecule has 2 bridgehead atoms. The molecule has 0 spiro atoms. The minimum atomic E-state index is -0.693. The average molecular weight is 731 g/mol. The van der Waals surface area contributed by atoms with E-state index in [1.807, 2.05) is 4.90 Å². The molecule has 12 nitrogen and oxygen atoms in total. The number of amides is 1. The molecule has 6 heterocycles. The third-order valence-electron chi connectivity index (χ3n) is 10.2. The molecule has 5 atom stereocenters. The number of benzene rings is 2. The monoisotopic (exact) mass is 730 g/mol. The van der Waals surface area contributed by atoms with Gasteiger partial charge in [0.1, 0.15) is 35.2 Å². The number of nitrogens with zero attached hydrogens (tertiary/aromatic N) is 6. The van der Waals surface area contributed by atoms with Gasteiger partial charge in [-0.25, -0.2) is 13.6 Å². The fourth-order valence-corrected chi connectivity index (χ4v) is 7.91. The molecule has 4 aliphatic rings. The molecule has 14 heteroatoms. The molecule has 4 aromatic rings. The first-order valence-electron chi connectivity index (χ1n) is 17.8. The fourth-order valence-electron chi connectivity index (χ4n) is 7.91. The molecule has 4 fully saturated rings. The lowest BCUT2D eigenvalue weighted by Crippen LogP contribution is -2.56. The third kappa shape index (κ3) is 7.68. The van der Waals surface area contributed by atoms with Crippen molar-refractivity contribution in [2.24, 2.45) is 0 Å². The zero-order valence-electron chi connectivity index (χ0n) is 30.3. The van der Waals surface area contributed by atoms with Gasteiger partial charge in [0.2, 0.25) is 6.29 Å². The van der Waals surface area contributed by atoms with E-state index in [-0.39, 0.29) is 35.1 Å². The number of ether oxygens (including phenoxy) is 3. The molecule has 4 unspecified atom stereocenters. The number of terminal acetylenes is 1. The maximum absolute atomic E-state index is 16.4. The summed E-state index contributed by atoms with van der Waals surface area (Å²) in [6, 6.07) is 8.73. The average Bonchev–Trinajstić information content (AvgIpc) is 3.82. The first-order chi connectivity index (χ1) is 25.6. The topological polar surface area (TPSA) is 130 Å². The van der Waals surface area contributed by atoms with Gasteiger partial charge in [0.05, 0.1) is 24.6 Å². The number of aromatic hydroxyl groups is 1. The minimum Gasteiger partial charge on any atom is -0.508 e. The zero-order chi connectivity index (χ0) is 37.8. The standard InChI is InChI=1S/C30H28FN5O5.C7H12FN.C2H4O/c1-5-17-7-6-8-18-11-21(37)12-22(24(17)18)26-25(31)27-23(13-32-26)28(34-29(33-27)40-4)35-14-19-9-10-20(15-35)36(19)30(38)41-16(2)39-3;8-6-4-7-2-1-3-9(7)5-6;1-2-3/h1,6-8,11-13,16,19-20,37H,9-10,14-15H2,2-4H3;6-7H,1-5H2;2H,1H3/t;6-,7?;/m.1./s1. The van der Waals surface area contributed by atoms with Crippen LogP contribution >= 0.6 is 0 Å². The van der Waals surface area contributed by atoms with Crippen molar-refractivity contribution in [3.8, 4) is 35.4 Å². The Morgan fingerprint density at radius 3 is 2.51 bits per heavy atom. The van der Waals surface area contributed by atoms with Gasteiger partial charge in [0.15, 0.2) is 5.82 Å². The van der Waals surface area contributed by atoms with Gasteiger partial charge in [-0.3, -0.25) is 14.8 Å². The molecule has 280 valence electrons. The van der Waals surface area contributed by atoms with Crippen molar-refractivity contribution in [2.75, 3.05) is 45.3 Å². The van der Waals surface area contributed by atoms with Crippen LogP contribution in [0.15, 0.2) is 36.5 Å². The number of halogens is 2. The highest BCUT2D eigenvalue weighted by molar-refractivity contribution is 6.02. The predicted octanol–water partition coefficient (Wildman–Crippen LogP) is 5.86. The lowest BCUT2D eigenvalue weighted by atomic mass is 9.96. The van der Waals surface area contributed by atoms with E-state index in [4.69, 9.17) is 25.4 Å². The first-order valence-corrected chi connectivity index (χ1v) is 17.8. The first kappa shape index (κ1) is 37.6. The van der Waals surface area contributed by atoms with Crippen LogP contribution in [0.5, 0.6) is 11.8 Å². The number of phenols is 1. The number of rotatable bonds is 5. The van der Waals surface area contributed by atoms with E-state index in [1.54, 1.807) is 36.1 Å². The Morgan fingerprint density at radius 2 is 1.85 bits per heavy atom. The zero-order valence-corrected chi connectivity index (χ0v) is 30.3. The molecular weight excluding hydrogens is 686 g/mol. The number of anilines is 1. The van der Waals surface area contributed by atoms with Crippen molar-refractivity contribution in [1.82, 2.24) is 24.8 Å². The number of aromatic nitrogens is 3. The van der Waals surface area contributed by atoms with Crippen molar-refractivity contribution >= 4 is 39.9 Å². The van der Waals surface area contributed by atoms with Crippen LogP contribution in [0.1, 0.15) is 51.5 Å². The number of pyridine rings is 1. The van der Waals surface area contributed by atoms with Crippen LogP contribution in [0, 0.1) is 18.2 Å². The maximum Gasteiger partial charge on any atom is 0.412 e. The second kappa shape index (κ2) is 16.3. The summed E-state index contributed by atoms with van der Waals surface area (Å²) < 4.78 is 44.8. The SMILES string of the molecule is C#Cc1cccc2cc(O)cc(-c3ncc4c(N5CC6CCC(C5)N6C(=O)OC(C)OC)nc(OC)nc4c3F)c12.CC=O.F[C@@H]1CC2CCCN2C1. The highest BCUT2D eigenvalue weighted by Crippen LogP contribution is 2.40. The quantitative estimate of drug-likeness (QED) is 0.151. The van der Waals surface area contributed by atoms with Crippen LogP contribution in [-0.2, 0) is 14.3 Å². The number of hydrogen-bond donors (Lipinski definition) is 1. The van der Waals surface area contributed by atoms with E-state index in [1.165, 1.54) is 46.2 Å². The molecule has 4 saturated heterocycles. The van der Waals surface area contributed by atoms with E-state index in [9.17, 15) is 14.3 Å². The molecular formula is C39H44F2N6O6. The van der Waals surface area contributed by atoms with Crippen molar-refractivity contribution in [3.05, 3.63) is 47.9 Å². The Morgan fingerprint density at radius 1 is 1.11 bits per heavy atom. The van der Waals surface area contributed by atoms with Gasteiger partial charge in [-0.2, -0.15) is 9.97 Å². The summed E-state index contributed by atoms with van der Waals surface area (Å²) in [6.45, 7) is 5.90. The van der Waals surface area contributed by atoms with Crippen LogP contribution in [0.4, 0.5) is 19.4 Å². The molecule has 0 radical (unpaired) electrons. The van der Waals surface area contributed by atoms with Crippen LogP contribution in [0.3, 0.4) is 0 Å². The number of aldehydes is 1. The van der Waals surface area contributed by atoms with Crippen LogP contribution in [0.2, 0.25) is 0 Å². The molecule has 2 aromatic heterocycles. The smallest absolute Gasteiger partial charge is 0.412 e. The number of carbonyl (C=O) groups is 2. The van der Waals surface area contributed by atoms with E-state index in [0.29, 0.717) is 58.8 Å². The summed E-state index contributed by atoms with van der Waals surface area (Å²) in [5.41, 5.74) is 0.913. The number of methoxy groups -OCH3 is 2. The van der Waals surface area contributed by atoms with Gasteiger partial charge < -0.3 is 29.0 Å². The van der Waals surface area contributed by atoms with Gasteiger partial charge in [-0.1, -0.05) is 18.1 Å². The second-order valence-electron chi connectivity index (χ2n) is 13.5. The Hall–Kier alpha value is -5.13. The predicted molar refractivity (Wildman–Crippen MR) is 196 cm³/mol. The van der Waals surface area contributed by atoms with Crippen molar-refractivity contribution in [1.29, 1.82) is 0 Å². The summed E-state index contributed by atoms with van der Waals surface area (Å²) in [6.07, 6.45) is 11.4. The van der Waals surface area contributed by atoms with Crippen LogP contribution < -0.4 is 9.64 Å². The van der Waals surface area contributed by atoms with Gasteiger partial charge in [-0.15, -0.1) is 6.42 Å². The van der Waals surface area contributed by atoms with Gasteiger partial charge in [-0.05, 0) is 76.1 Å². The molecule has 1 amide bonds. The van der Waals surface area contributed by atoms with E-state index in [2.05, 4.69) is 25.8 Å². The summed E-state index contributed by atoms with van der Waals surface area (Å²) in [7, 11) is 2.90. The lowest BCUT2D eigenvalue weighted by molar-refractivity contribution is -0.106.